The van der Waals surface area contributed by atoms with E-state index in [2.05, 4.69) is 15.3 Å². The second-order valence-electron chi connectivity index (χ2n) is 8.04. The Morgan fingerprint density at radius 1 is 1.30 bits per heavy atom. The number of anilines is 1. The molecule has 2 aromatic rings. The van der Waals surface area contributed by atoms with E-state index in [4.69, 9.17) is 4.74 Å². The summed E-state index contributed by atoms with van der Waals surface area (Å²) in [5, 5.41) is 7.37. The molecule has 1 aromatic carbocycles. The zero-order valence-corrected chi connectivity index (χ0v) is 17.9. The number of amides is 1. The van der Waals surface area contributed by atoms with Gasteiger partial charge >= 0.3 is 0 Å². The van der Waals surface area contributed by atoms with Crippen LogP contribution < -0.4 is 15.8 Å². The predicted octanol–water partition coefficient (Wildman–Crippen LogP) is 2.44. The van der Waals surface area contributed by atoms with Gasteiger partial charge in [-0.15, -0.1) is 0 Å². The molecule has 162 valence electrons. The fourth-order valence-corrected chi connectivity index (χ4v) is 3.64. The van der Waals surface area contributed by atoms with Crippen LogP contribution in [0.25, 0.3) is 0 Å². The van der Waals surface area contributed by atoms with Crippen LogP contribution in [-0.4, -0.2) is 48.0 Å². The summed E-state index contributed by atoms with van der Waals surface area (Å²) in [6, 6.07) is 11.4. The molecule has 30 heavy (non-hydrogen) atoms. The number of piperidine rings is 1. The van der Waals surface area contributed by atoms with Gasteiger partial charge in [0.25, 0.3) is 5.56 Å². The normalized spacial score (nSPS) is 16.6. The van der Waals surface area contributed by atoms with Crippen LogP contribution in [0.4, 0.5) is 5.69 Å². The summed E-state index contributed by atoms with van der Waals surface area (Å²) in [5.74, 6) is 0.00569. The van der Waals surface area contributed by atoms with E-state index in [1.54, 1.807) is 12.3 Å². The van der Waals surface area contributed by atoms with E-state index in [9.17, 15) is 9.59 Å². The largest absolute Gasteiger partial charge is 0.379 e. The fraction of sp³-hybridized carbons (Fsp3) is 0.522. The van der Waals surface area contributed by atoms with Crippen LogP contribution in [0.3, 0.4) is 0 Å². The quantitative estimate of drug-likeness (QED) is 0.640. The molecule has 0 saturated carbocycles. The van der Waals surface area contributed by atoms with Crippen molar-refractivity contribution in [2.24, 2.45) is 5.92 Å². The summed E-state index contributed by atoms with van der Waals surface area (Å²) in [6.45, 7) is 7.17. The molecule has 2 heterocycles. The Morgan fingerprint density at radius 2 is 2.10 bits per heavy atom. The molecule has 7 nitrogen and oxygen atoms in total. The van der Waals surface area contributed by atoms with Crippen LogP contribution in [-0.2, 0) is 16.1 Å². The summed E-state index contributed by atoms with van der Waals surface area (Å²) in [5.41, 5.74) is 1.69. The molecule has 1 aromatic heterocycles. The number of ether oxygens (including phenoxy) is 1. The van der Waals surface area contributed by atoms with Crippen molar-refractivity contribution >= 4 is 11.6 Å². The highest BCUT2D eigenvalue weighted by Gasteiger charge is 2.26. The molecule has 0 spiro atoms. The molecule has 0 radical (unpaired) electrons. The van der Waals surface area contributed by atoms with Crippen LogP contribution in [0.1, 0.15) is 38.7 Å². The predicted molar refractivity (Wildman–Crippen MR) is 118 cm³/mol. The number of hydrogen-bond acceptors (Lipinski definition) is 5. The number of rotatable bonds is 9. The molecular weight excluding hydrogens is 380 g/mol. The Kier molecular flexibility index (Phi) is 8.02. The van der Waals surface area contributed by atoms with Crippen molar-refractivity contribution < 1.29 is 9.53 Å². The zero-order valence-electron chi connectivity index (χ0n) is 17.9. The first kappa shape index (κ1) is 22.0. The Balaban J connectivity index is 1.54. The van der Waals surface area contributed by atoms with E-state index in [-0.39, 0.29) is 23.5 Å². The lowest BCUT2D eigenvalue weighted by Crippen LogP contribution is -2.44. The van der Waals surface area contributed by atoms with Crippen molar-refractivity contribution in [2.45, 2.75) is 45.8 Å². The van der Waals surface area contributed by atoms with Crippen molar-refractivity contribution in [3.8, 4) is 0 Å². The number of aromatic nitrogens is 2. The fourth-order valence-electron chi connectivity index (χ4n) is 3.64. The van der Waals surface area contributed by atoms with Gasteiger partial charge < -0.3 is 15.0 Å². The molecule has 1 aliphatic rings. The highest BCUT2D eigenvalue weighted by molar-refractivity contribution is 5.79. The van der Waals surface area contributed by atoms with Gasteiger partial charge in [-0.25, -0.2) is 4.68 Å². The van der Waals surface area contributed by atoms with Crippen molar-refractivity contribution in [1.82, 2.24) is 15.1 Å². The average Bonchev–Trinajstić information content (AvgIpc) is 2.75. The topological polar surface area (TPSA) is 76.5 Å². The van der Waals surface area contributed by atoms with E-state index < -0.39 is 0 Å². The van der Waals surface area contributed by atoms with Crippen molar-refractivity contribution in [1.29, 1.82) is 0 Å². The van der Waals surface area contributed by atoms with Gasteiger partial charge in [0.1, 0.15) is 0 Å². The number of nitrogens with one attached hydrogen (secondary N) is 1. The molecule has 1 fully saturated rings. The van der Waals surface area contributed by atoms with Gasteiger partial charge in [0.2, 0.25) is 5.91 Å². The standard InChI is InChI=1S/C23H32N4O3/c1-18(2)30-13-7-11-24-23(29)20-10-6-12-26(17-20)21-14-22(28)27(25-15-21)16-19-8-4-3-5-9-19/h3-5,8-9,14-15,18,20H,6-7,10-13,16-17H2,1-2H3,(H,24,29). The molecule has 1 N–H and O–H groups in total. The summed E-state index contributed by atoms with van der Waals surface area (Å²) < 4.78 is 6.97. The van der Waals surface area contributed by atoms with Gasteiger partial charge in [0.15, 0.2) is 0 Å². The minimum atomic E-state index is -0.131. The number of benzene rings is 1. The number of hydrogen-bond donors (Lipinski definition) is 1. The minimum Gasteiger partial charge on any atom is -0.379 e. The third-order valence-electron chi connectivity index (χ3n) is 5.26. The van der Waals surface area contributed by atoms with Crippen LogP contribution in [0.15, 0.2) is 47.4 Å². The minimum absolute atomic E-state index is 0.0727. The monoisotopic (exact) mass is 412 g/mol. The van der Waals surface area contributed by atoms with Gasteiger partial charge in [-0.1, -0.05) is 30.3 Å². The third-order valence-corrected chi connectivity index (χ3v) is 5.26. The van der Waals surface area contributed by atoms with E-state index in [0.29, 0.717) is 26.2 Å². The Labute approximate surface area is 178 Å². The number of carbonyl (C=O) groups is 1. The van der Waals surface area contributed by atoms with Gasteiger partial charge in [0, 0.05) is 32.3 Å². The Bertz CT molecular complexity index is 866. The molecule has 1 unspecified atom stereocenters. The molecular formula is C23H32N4O3. The summed E-state index contributed by atoms with van der Waals surface area (Å²) in [7, 11) is 0. The van der Waals surface area contributed by atoms with Crippen molar-refractivity contribution in [3.63, 3.8) is 0 Å². The highest BCUT2D eigenvalue weighted by Crippen LogP contribution is 2.22. The van der Waals surface area contributed by atoms with E-state index >= 15 is 0 Å². The van der Waals surface area contributed by atoms with E-state index in [1.807, 2.05) is 44.2 Å². The summed E-state index contributed by atoms with van der Waals surface area (Å²) in [6.07, 6.45) is 4.53. The van der Waals surface area contributed by atoms with Gasteiger partial charge in [0.05, 0.1) is 30.5 Å². The van der Waals surface area contributed by atoms with Gasteiger partial charge in [-0.3, -0.25) is 9.59 Å². The molecule has 1 atom stereocenters. The van der Waals surface area contributed by atoms with Crippen LogP contribution >= 0.6 is 0 Å². The van der Waals surface area contributed by atoms with Crippen molar-refractivity contribution in [2.75, 3.05) is 31.1 Å². The molecule has 1 amide bonds. The summed E-state index contributed by atoms with van der Waals surface area (Å²) >= 11 is 0. The zero-order chi connectivity index (χ0) is 21.3. The molecule has 7 heteroatoms. The first-order valence-corrected chi connectivity index (χ1v) is 10.8. The van der Waals surface area contributed by atoms with Crippen LogP contribution in [0.2, 0.25) is 0 Å². The first-order valence-electron chi connectivity index (χ1n) is 10.8. The lowest BCUT2D eigenvalue weighted by Gasteiger charge is -2.33. The molecule has 1 aliphatic heterocycles. The number of nitrogens with zero attached hydrogens (tertiary/aromatic N) is 3. The summed E-state index contributed by atoms with van der Waals surface area (Å²) in [4.78, 5) is 27.2. The average molecular weight is 413 g/mol. The molecule has 1 saturated heterocycles. The Morgan fingerprint density at radius 3 is 2.83 bits per heavy atom. The second-order valence-corrected chi connectivity index (χ2v) is 8.04. The van der Waals surface area contributed by atoms with Gasteiger partial charge in [-0.2, -0.15) is 5.10 Å². The molecule has 0 bridgehead atoms. The Hall–Kier alpha value is -2.67. The van der Waals surface area contributed by atoms with E-state index in [1.165, 1.54) is 4.68 Å². The van der Waals surface area contributed by atoms with Crippen molar-refractivity contribution in [3.05, 3.63) is 58.5 Å². The smallest absolute Gasteiger partial charge is 0.269 e. The second kappa shape index (κ2) is 10.9. The van der Waals surface area contributed by atoms with E-state index in [0.717, 1.165) is 37.1 Å². The molecule has 3 rings (SSSR count). The van der Waals surface area contributed by atoms with Gasteiger partial charge in [-0.05, 0) is 38.7 Å². The third kappa shape index (κ3) is 6.42. The molecule has 0 aliphatic carbocycles. The highest BCUT2D eigenvalue weighted by atomic mass is 16.5. The maximum absolute atomic E-state index is 12.5. The maximum atomic E-state index is 12.5. The SMILES string of the molecule is CC(C)OCCCNC(=O)C1CCCN(c2cnn(Cc3ccccc3)c(=O)c2)C1. The van der Waals surface area contributed by atoms with Crippen LogP contribution in [0.5, 0.6) is 0 Å². The lowest BCUT2D eigenvalue weighted by atomic mass is 9.97. The lowest BCUT2D eigenvalue weighted by molar-refractivity contribution is -0.125. The first-order chi connectivity index (χ1) is 14.5. The maximum Gasteiger partial charge on any atom is 0.269 e. The van der Waals surface area contributed by atoms with Crippen LogP contribution in [0, 0.1) is 5.92 Å². The number of carbonyl (C=O) groups excluding carboxylic acids is 1.